The fraction of sp³-hybridized carbons (Fsp3) is 0.304. The number of hydrogen-bond acceptors (Lipinski definition) is 4. The zero-order chi connectivity index (χ0) is 19.7. The molecule has 1 aliphatic rings. The lowest BCUT2D eigenvalue weighted by Crippen LogP contribution is -2.38. The number of hydrogen-bond donors (Lipinski definition) is 1. The van der Waals surface area contributed by atoms with Gasteiger partial charge in [-0.3, -0.25) is 4.79 Å². The van der Waals surface area contributed by atoms with E-state index in [0.717, 1.165) is 46.9 Å². The molecule has 3 aromatic rings. The molecule has 1 fully saturated rings. The summed E-state index contributed by atoms with van der Waals surface area (Å²) in [5.74, 6) is 2.00. The van der Waals surface area contributed by atoms with Crippen LogP contribution in [0.3, 0.4) is 0 Å². The van der Waals surface area contributed by atoms with Crippen molar-refractivity contribution >= 4 is 39.9 Å². The maximum absolute atomic E-state index is 13.0. The fourth-order valence-electron chi connectivity index (χ4n) is 3.68. The van der Waals surface area contributed by atoms with Crippen molar-refractivity contribution in [2.75, 3.05) is 29.9 Å². The number of carbonyl (C=O) groups is 1. The normalized spacial score (nSPS) is 14.3. The molecule has 0 spiro atoms. The van der Waals surface area contributed by atoms with Crippen LogP contribution in [0.25, 0.3) is 10.9 Å². The Labute approximate surface area is 170 Å². The van der Waals surface area contributed by atoms with Crippen molar-refractivity contribution in [1.82, 2.24) is 9.88 Å². The Morgan fingerprint density at radius 1 is 0.964 bits per heavy atom. The monoisotopic (exact) mass is 391 g/mol. The van der Waals surface area contributed by atoms with Gasteiger partial charge in [0.2, 0.25) is 0 Å². The smallest absolute Gasteiger partial charge is 0.272 e. The molecule has 4 nitrogen and oxygen atoms in total. The van der Waals surface area contributed by atoms with Gasteiger partial charge in [0.15, 0.2) is 0 Å². The summed E-state index contributed by atoms with van der Waals surface area (Å²) in [5, 5.41) is 4.57. The van der Waals surface area contributed by atoms with E-state index in [1.54, 1.807) is 0 Å². The second kappa shape index (κ2) is 7.84. The van der Waals surface area contributed by atoms with Crippen molar-refractivity contribution in [1.29, 1.82) is 0 Å². The Balaban J connectivity index is 1.78. The highest BCUT2D eigenvalue weighted by molar-refractivity contribution is 7.99. The molecular weight excluding hydrogens is 366 g/mol. The van der Waals surface area contributed by atoms with Crippen molar-refractivity contribution in [3.8, 4) is 0 Å². The van der Waals surface area contributed by atoms with Gasteiger partial charge in [-0.15, -0.1) is 0 Å². The van der Waals surface area contributed by atoms with Crippen LogP contribution in [0.5, 0.6) is 0 Å². The number of aryl methyl sites for hydroxylation is 3. The van der Waals surface area contributed by atoms with Crippen molar-refractivity contribution in [2.24, 2.45) is 0 Å². The number of fused-ring (bicyclic) bond motifs is 1. The van der Waals surface area contributed by atoms with Gasteiger partial charge >= 0.3 is 0 Å². The lowest BCUT2D eigenvalue weighted by molar-refractivity contribution is 0.0767. The van der Waals surface area contributed by atoms with Gasteiger partial charge in [-0.2, -0.15) is 11.8 Å². The lowest BCUT2D eigenvalue weighted by atomic mass is 10.1. The number of nitrogens with zero attached hydrogens (tertiary/aromatic N) is 2. The second-order valence-electron chi connectivity index (χ2n) is 7.48. The van der Waals surface area contributed by atoms with Gasteiger partial charge in [-0.25, -0.2) is 4.98 Å². The molecule has 0 saturated carbocycles. The third-order valence-electron chi connectivity index (χ3n) is 4.98. The molecule has 4 rings (SSSR count). The van der Waals surface area contributed by atoms with Crippen molar-refractivity contribution in [3.05, 3.63) is 64.8 Å². The first-order valence-corrected chi connectivity index (χ1v) is 10.8. The molecule has 1 amide bonds. The van der Waals surface area contributed by atoms with Gasteiger partial charge in [0, 0.05) is 35.7 Å². The van der Waals surface area contributed by atoms with E-state index in [2.05, 4.69) is 50.4 Å². The van der Waals surface area contributed by atoms with Gasteiger partial charge < -0.3 is 10.2 Å². The van der Waals surface area contributed by atoms with E-state index in [1.165, 1.54) is 16.7 Å². The van der Waals surface area contributed by atoms with E-state index < -0.39 is 0 Å². The van der Waals surface area contributed by atoms with Crippen LogP contribution in [-0.2, 0) is 0 Å². The van der Waals surface area contributed by atoms with Crippen molar-refractivity contribution < 1.29 is 4.79 Å². The quantitative estimate of drug-likeness (QED) is 0.675. The third kappa shape index (κ3) is 3.99. The Bertz CT molecular complexity index is 1020. The summed E-state index contributed by atoms with van der Waals surface area (Å²) in [5.41, 5.74) is 6.89. The van der Waals surface area contributed by atoms with E-state index in [-0.39, 0.29) is 5.91 Å². The average Bonchev–Trinajstić information content (AvgIpc) is 2.67. The molecule has 2 heterocycles. The number of anilines is 2. The third-order valence-corrected chi connectivity index (χ3v) is 5.92. The maximum Gasteiger partial charge on any atom is 0.272 e. The highest BCUT2D eigenvalue weighted by atomic mass is 32.2. The van der Waals surface area contributed by atoms with Crippen LogP contribution in [-0.4, -0.2) is 40.4 Å². The first-order chi connectivity index (χ1) is 13.5. The molecule has 5 heteroatoms. The lowest BCUT2D eigenvalue weighted by Gasteiger charge is -2.26. The van der Waals surface area contributed by atoms with Crippen LogP contribution in [0.1, 0.15) is 27.2 Å². The molecule has 1 aliphatic heterocycles. The van der Waals surface area contributed by atoms with E-state index in [1.807, 2.05) is 34.9 Å². The van der Waals surface area contributed by atoms with E-state index in [0.29, 0.717) is 5.69 Å². The Morgan fingerprint density at radius 3 is 2.39 bits per heavy atom. The number of aromatic nitrogens is 1. The minimum absolute atomic E-state index is 0.0197. The number of carbonyl (C=O) groups excluding carboxylic acids is 1. The number of benzene rings is 2. The molecule has 1 saturated heterocycles. The van der Waals surface area contributed by atoms with Gasteiger partial charge in [-0.1, -0.05) is 17.7 Å². The zero-order valence-electron chi connectivity index (χ0n) is 16.6. The minimum Gasteiger partial charge on any atom is -0.355 e. The van der Waals surface area contributed by atoms with Crippen LogP contribution >= 0.6 is 11.8 Å². The predicted molar refractivity (Wildman–Crippen MR) is 119 cm³/mol. The van der Waals surface area contributed by atoms with Crippen molar-refractivity contribution in [3.63, 3.8) is 0 Å². The van der Waals surface area contributed by atoms with Crippen LogP contribution in [0.2, 0.25) is 0 Å². The molecule has 1 aromatic heterocycles. The SMILES string of the molecule is Cc1cc(C)cc(Nc2cc(C(=O)N3CCSCC3)nc3ccc(C)cc23)c1. The topological polar surface area (TPSA) is 45.2 Å². The largest absolute Gasteiger partial charge is 0.355 e. The summed E-state index contributed by atoms with van der Waals surface area (Å²) >= 11 is 1.90. The molecule has 2 aromatic carbocycles. The van der Waals surface area contributed by atoms with E-state index in [4.69, 9.17) is 4.98 Å². The summed E-state index contributed by atoms with van der Waals surface area (Å²) in [6.07, 6.45) is 0. The zero-order valence-corrected chi connectivity index (χ0v) is 17.4. The molecule has 0 atom stereocenters. The summed E-state index contributed by atoms with van der Waals surface area (Å²) < 4.78 is 0. The Morgan fingerprint density at radius 2 is 1.68 bits per heavy atom. The summed E-state index contributed by atoms with van der Waals surface area (Å²) in [6, 6.07) is 14.5. The van der Waals surface area contributed by atoms with E-state index >= 15 is 0 Å². The molecule has 144 valence electrons. The van der Waals surface area contributed by atoms with Gasteiger partial charge in [0.05, 0.1) is 11.2 Å². The number of pyridine rings is 1. The molecule has 0 radical (unpaired) electrons. The van der Waals surface area contributed by atoms with Crippen LogP contribution in [0.15, 0.2) is 42.5 Å². The summed E-state index contributed by atoms with van der Waals surface area (Å²) in [6.45, 7) is 7.84. The number of rotatable bonds is 3. The second-order valence-corrected chi connectivity index (χ2v) is 8.71. The van der Waals surface area contributed by atoms with Gasteiger partial charge in [-0.05, 0) is 62.2 Å². The Hall–Kier alpha value is -2.53. The molecule has 1 N–H and O–H groups in total. The average molecular weight is 392 g/mol. The summed E-state index contributed by atoms with van der Waals surface area (Å²) in [4.78, 5) is 19.7. The van der Waals surface area contributed by atoms with Crippen LogP contribution < -0.4 is 5.32 Å². The van der Waals surface area contributed by atoms with Gasteiger partial charge in [0.1, 0.15) is 5.69 Å². The number of thioether (sulfide) groups is 1. The van der Waals surface area contributed by atoms with Gasteiger partial charge in [0.25, 0.3) is 5.91 Å². The van der Waals surface area contributed by atoms with Crippen LogP contribution in [0.4, 0.5) is 11.4 Å². The van der Waals surface area contributed by atoms with Crippen LogP contribution in [0, 0.1) is 20.8 Å². The molecule has 0 unspecified atom stereocenters. The van der Waals surface area contributed by atoms with E-state index in [9.17, 15) is 4.79 Å². The van der Waals surface area contributed by atoms with Crippen molar-refractivity contribution in [2.45, 2.75) is 20.8 Å². The highest BCUT2D eigenvalue weighted by Gasteiger charge is 2.21. The summed E-state index contributed by atoms with van der Waals surface area (Å²) in [7, 11) is 0. The minimum atomic E-state index is 0.0197. The number of nitrogens with one attached hydrogen (secondary N) is 1. The Kier molecular flexibility index (Phi) is 5.27. The molecule has 28 heavy (non-hydrogen) atoms. The first kappa shape index (κ1) is 18.8. The standard InChI is InChI=1S/C23H25N3OS/c1-15-4-5-20-19(13-15)21(24-18-11-16(2)10-17(3)12-18)14-22(25-20)23(27)26-6-8-28-9-7-26/h4-5,10-14H,6-9H2,1-3H3,(H,24,25). The fourth-order valence-corrected chi connectivity index (χ4v) is 4.59. The molecule has 0 aliphatic carbocycles. The first-order valence-electron chi connectivity index (χ1n) is 9.63. The maximum atomic E-state index is 13.0. The molecular formula is C23H25N3OS. The molecule has 0 bridgehead atoms. The predicted octanol–water partition coefficient (Wildman–Crippen LogP) is 5.09. The highest BCUT2D eigenvalue weighted by Crippen LogP contribution is 2.29. The number of amides is 1.